The highest BCUT2D eigenvalue weighted by molar-refractivity contribution is 6.31. The van der Waals surface area contributed by atoms with Crippen LogP contribution in [0.4, 0.5) is 0 Å². The largest absolute Gasteiger partial charge is 0.381 e. The van der Waals surface area contributed by atoms with E-state index in [4.69, 9.17) is 27.9 Å². The first kappa shape index (κ1) is 16.6. The summed E-state index contributed by atoms with van der Waals surface area (Å²) in [6.45, 7) is 6.55. The van der Waals surface area contributed by atoms with Crippen molar-refractivity contribution in [2.45, 2.75) is 45.0 Å². The van der Waals surface area contributed by atoms with Crippen molar-refractivity contribution in [1.29, 1.82) is 0 Å². The standard InChI is InChI=1S/C16H22Cl2N2O/c1-3-4-9-21-10-5-8-20-15-11-13(18)6-7-14(15)19-16(20)12(2)17/h6-7,11-12H,3-5,8-10H2,1-2H3. The van der Waals surface area contributed by atoms with Crippen LogP contribution in [0.3, 0.4) is 0 Å². The Kier molecular flexibility index (Phi) is 6.34. The zero-order chi connectivity index (χ0) is 15.2. The van der Waals surface area contributed by atoms with E-state index in [-0.39, 0.29) is 5.38 Å². The number of nitrogens with zero attached hydrogens (tertiary/aromatic N) is 2. The molecule has 0 amide bonds. The third-order valence-corrected chi connectivity index (χ3v) is 3.84. The van der Waals surface area contributed by atoms with Crippen molar-refractivity contribution < 1.29 is 4.74 Å². The van der Waals surface area contributed by atoms with Gasteiger partial charge in [-0.05, 0) is 38.0 Å². The maximum Gasteiger partial charge on any atom is 0.127 e. The molecule has 0 N–H and O–H groups in total. The fourth-order valence-electron chi connectivity index (χ4n) is 2.33. The van der Waals surface area contributed by atoms with E-state index in [1.807, 2.05) is 25.1 Å². The highest BCUT2D eigenvalue weighted by atomic mass is 35.5. The molecule has 0 saturated carbocycles. The van der Waals surface area contributed by atoms with Crippen LogP contribution in [-0.4, -0.2) is 22.8 Å². The number of aryl methyl sites for hydroxylation is 1. The fraction of sp³-hybridized carbons (Fsp3) is 0.562. The van der Waals surface area contributed by atoms with Gasteiger partial charge in [0.1, 0.15) is 5.82 Å². The smallest absolute Gasteiger partial charge is 0.127 e. The van der Waals surface area contributed by atoms with E-state index in [1.54, 1.807) is 0 Å². The van der Waals surface area contributed by atoms with E-state index in [0.717, 1.165) is 54.5 Å². The second-order valence-electron chi connectivity index (χ2n) is 5.19. The van der Waals surface area contributed by atoms with Gasteiger partial charge in [-0.2, -0.15) is 0 Å². The van der Waals surface area contributed by atoms with E-state index >= 15 is 0 Å². The van der Waals surface area contributed by atoms with Crippen LogP contribution in [0.2, 0.25) is 5.02 Å². The molecule has 0 aliphatic rings. The van der Waals surface area contributed by atoms with E-state index < -0.39 is 0 Å². The van der Waals surface area contributed by atoms with Gasteiger partial charge in [-0.25, -0.2) is 4.98 Å². The summed E-state index contributed by atoms with van der Waals surface area (Å²) in [6.07, 6.45) is 3.23. The average molecular weight is 329 g/mol. The Morgan fingerprint density at radius 3 is 2.76 bits per heavy atom. The number of ether oxygens (including phenoxy) is 1. The van der Waals surface area contributed by atoms with Crippen LogP contribution in [-0.2, 0) is 11.3 Å². The van der Waals surface area contributed by atoms with E-state index in [0.29, 0.717) is 0 Å². The number of hydrogen-bond acceptors (Lipinski definition) is 2. The van der Waals surface area contributed by atoms with Crippen molar-refractivity contribution in [3.63, 3.8) is 0 Å². The molecule has 2 rings (SSSR count). The fourth-order valence-corrected chi connectivity index (χ4v) is 2.66. The van der Waals surface area contributed by atoms with Crippen molar-refractivity contribution in [2.24, 2.45) is 0 Å². The van der Waals surface area contributed by atoms with Gasteiger partial charge in [-0.3, -0.25) is 0 Å². The second kappa shape index (κ2) is 8.02. The molecule has 0 bridgehead atoms. The number of unbranched alkanes of at least 4 members (excludes halogenated alkanes) is 1. The lowest BCUT2D eigenvalue weighted by atomic mass is 10.3. The Labute approximate surface area is 136 Å². The summed E-state index contributed by atoms with van der Waals surface area (Å²) in [5.41, 5.74) is 1.98. The Bertz CT molecular complexity index is 581. The van der Waals surface area contributed by atoms with Crippen LogP contribution in [0.1, 0.15) is 44.3 Å². The first-order valence-electron chi connectivity index (χ1n) is 7.51. The summed E-state index contributed by atoms with van der Waals surface area (Å²) in [6, 6.07) is 5.75. The third kappa shape index (κ3) is 4.35. The number of alkyl halides is 1. The first-order chi connectivity index (χ1) is 10.1. The molecule has 116 valence electrons. The molecule has 0 radical (unpaired) electrons. The van der Waals surface area contributed by atoms with Crippen molar-refractivity contribution >= 4 is 34.2 Å². The normalized spacial score (nSPS) is 13.0. The molecule has 3 nitrogen and oxygen atoms in total. The summed E-state index contributed by atoms with van der Waals surface area (Å²) < 4.78 is 7.77. The van der Waals surface area contributed by atoms with Crippen LogP contribution in [0.5, 0.6) is 0 Å². The molecule has 2 aromatic rings. The van der Waals surface area contributed by atoms with Gasteiger partial charge in [-0.15, -0.1) is 11.6 Å². The van der Waals surface area contributed by atoms with Crippen LogP contribution in [0.25, 0.3) is 11.0 Å². The molecule has 0 saturated heterocycles. The Hall–Kier alpha value is -0.770. The van der Waals surface area contributed by atoms with Crippen LogP contribution < -0.4 is 0 Å². The maximum atomic E-state index is 6.25. The zero-order valence-corrected chi connectivity index (χ0v) is 14.1. The quantitative estimate of drug-likeness (QED) is 0.492. The van der Waals surface area contributed by atoms with Crippen LogP contribution in [0.15, 0.2) is 18.2 Å². The number of benzene rings is 1. The molecule has 1 heterocycles. The molecular formula is C16H22Cl2N2O. The first-order valence-corrected chi connectivity index (χ1v) is 8.32. The minimum atomic E-state index is -0.128. The number of rotatable bonds is 8. The average Bonchev–Trinajstić information content (AvgIpc) is 2.81. The van der Waals surface area contributed by atoms with Crippen molar-refractivity contribution in [3.05, 3.63) is 29.0 Å². The minimum Gasteiger partial charge on any atom is -0.381 e. The topological polar surface area (TPSA) is 27.1 Å². The van der Waals surface area contributed by atoms with Gasteiger partial charge in [0, 0.05) is 24.8 Å². The molecule has 0 fully saturated rings. The van der Waals surface area contributed by atoms with Gasteiger partial charge < -0.3 is 9.30 Å². The lowest BCUT2D eigenvalue weighted by molar-refractivity contribution is 0.126. The summed E-state index contributed by atoms with van der Waals surface area (Å²) >= 11 is 12.4. The van der Waals surface area contributed by atoms with Crippen LogP contribution in [0, 0.1) is 0 Å². The summed E-state index contributed by atoms with van der Waals surface area (Å²) in [4.78, 5) is 4.61. The number of fused-ring (bicyclic) bond motifs is 1. The molecule has 1 atom stereocenters. The maximum absolute atomic E-state index is 6.25. The summed E-state index contributed by atoms with van der Waals surface area (Å²) in [5, 5.41) is 0.591. The molecule has 0 spiro atoms. The van der Waals surface area contributed by atoms with Crippen molar-refractivity contribution in [3.8, 4) is 0 Å². The van der Waals surface area contributed by atoms with Gasteiger partial charge in [-0.1, -0.05) is 24.9 Å². The SMILES string of the molecule is CCCCOCCCn1c(C(C)Cl)nc2ccc(Cl)cc21. The predicted octanol–water partition coefficient (Wildman–Crippen LogP) is 5.20. The molecule has 1 unspecified atom stereocenters. The molecule has 21 heavy (non-hydrogen) atoms. The monoisotopic (exact) mass is 328 g/mol. The zero-order valence-electron chi connectivity index (χ0n) is 12.6. The van der Waals surface area contributed by atoms with E-state index in [9.17, 15) is 0 Å². The number of aromatic nitrogens is 2. The highest BCUT2D eigenvalue weighted by Crippen LogP contribution is 2.26. The molecule has 0 aliphatic carbocycles. The van der Waals surface area contributed by atoms with Gasteiger partial charge in [0.25, 0.3) is 0 Å². The van der Waals surface area contributed by atoms with Gasteiger partial charge in [0.05, 0.1) is 16.4 Å². The number of imidazole rings is 1. The molecular weight excluding hydrogens is 307 g/mol. The van der Waals surface area contributed by atoms with E-state index in [1.165, 1.54) is 6.42 Å². The molecule has 5 heteroatoms. The Morgan fingerprint density at radius 2 is 2.05 bits per heavy atom. The second-order valence-corrected chi connectivity index (χ2v) is 6.28. The number of hydrogen-bond donors (Lipinski definition) is 0. The Morgan fingerprint density at radius 1 is 1.29 bits per heavy atom. The third-order valence-electron chi connectivity index (χ3n) is 3.41. The minimum absolute atomic E-state index is 0.128. The van der Waals surface area contributed by atoms with Crippen LogP contribution >= 0.6 is 23.2 Å². The van der Waals surface area contributed by atoms with Gasteiger partial charge in [0.15, 0.2) is 0 Å². The molecule has 1 aromatic carbocycles. The Balaban J connectivity index is 2.09. The molecule has 1 aromatic heterocycles. The summed E-state index contributed by atoms with van der Waals surface area (Å²) in [7, 11) is 0. The van der Waals surface area contributed by atoms with Crippen molar-refractivity contribution in [1.82, 2.24) is 9.55 Å². The summed E-state index contributed by atoms with van der Waals surface area (Å²) in [5.74, 6) is 0.891. The highest BCUT2D eigenvalue weighted by Gasteiger charge is 2.14. The lowest BCUT2D eigenvalue weighted by Gasteiger charge is -2.11. The lowest BCUT2D eigenvalue weighted by Crippen LogP contribution is -2.07. The van der Waals surface area contributed by atoms with Gasteiger partial charge in [0.2, 0.25) is 0 Å². The predicted molar refractivity (Wildman–Crippen MR) is 89.4 cm³/mol. The van der Waals surface area contributed by atoms with Crippen molar-refractivity contribution in [2.75, 3.05) is 13.2 Å². The van der Waals surface area contributed by atoms with E-state index in [2.05, 4.69) is 16.5 Å². The molecule has 0 aliphatic heterocycles. The van der Waals surface area contributed by atoms with Gasteiger partial charge >= 0.3 is 0 Å². The number of halogens is 2.